The fraction of sp³-hybridized carbons (Fsp3) is 1.00. The van der Waals surface area contributed by atoms with Crippen molar-refractivity contribution >= 4 is 0 Å². The van der Waals surface area contributed by atoms with Crippen molar-refractivity contribution in [2.45, 2.75) is 32.6 Å². The molecular weight excluding hydrogens is 120 g/mol. The average molecular weight is 134 g/mol. The molecule has 1 spiro atoms. The van der Waals surface area contributed by atoms with E-state index in [1.165, 1.54) is 24.2 Å². The molecule has 54 valence electrons. The molecule has 0 aromatic carbocycles. The van der Waals surface area contributed by atoms with Crippen LogP contribution in [-0.4, -0.2) is 0 Å². The van der Waals surface area contributed by atoms with Crippen LogP contribution in [0, 0.1) is 28.6 Å². The summed E-state index contributed by atoms with van der Waals surface area (Å²) in [7, 11) is 0. The summed E-state index contributed by atoms with van der Waals surface area (Å²) in [5.74, 6) is 3.75. The Morgan fingerprint density at radius 3 is 2.70 bits per heavy atom. The van der Waals surface area contributed by atoms with Gasteiger partial charge >= 0.3 is 0 Å². The van der Waals surface area contributed by atoms with Crippen molar-refractivity contribution in [2.75, 3.05) is 0 Å². The molecule has 0 saturated heterocycles. The van der Waals surface area contributed by atoms with E-state index in [0.717, 1.165) is 10.8 Å². The summed E-state index contributed by atoms with van der Waals surface area (Å²) in [6.07, 6.45) is 6.37. The lowest BCUT2D eigenvalue weighted by Crippen LogP contribution is -2.12. The van der Waals surface area contributed by atoms with Gasteiger partial charge in [0.25, 0.3) is 0 Å². The monoisotopic (exact) mass is 134 g/mol. The van der Waals surface area contributed by atoms with Gasteiger partial charge in [-0.2, -0.15) is 0 Å². The molecular formula is C10H14. The third kappa shape index (κ3) is 0.194. The average Bonchev–Trinajstić information content (AvgIpc) is 2.64. The predicted octanol–water partition coefficient (Wildman–Crippen LogP) is 2.44. The summed E-state index contributed by atoms with van der Waals surface area (Å²) in [6, 6.07) is 0. The van der Waals surface area contributed by atoms with E-state index in [9.17, 15) is 0 Å². The van der Waals surface area contributed by atoms with Crippen LogP contribution in [-0.2, 0) is 0 Å². The lowest BCUT2D eigenvalue weighted by molar-refractivity contribution is 0.291. The van der Waals surface area contributed by atoms with Crippen molar-refractivity contribution in [1.29, 1.82) is 0 Å². The van der Waals surface area contributed by atoms with E-state index in [2.05, 4.69) is 6.92 Å². The van der Waals surface area contributed by atoms with E-state index in [1.807, 2.05) is 0 Å². The van der Waals surface area contributed by atoms with Crippen LogP contribution in [0.3, 0.4) is 0 Å². The third-order valence-corrected chi connectivity index (χ3v) is 5.53. The number of hydrogen-bond acceptors (Lipinski definition) is 0. The van der Waals surface area contributed by atoms with Gasteiger partial charge < -0.3 is 0 Å². The highest BCUT2D eigenvalue weighted by Crippen LogP contribution is 3.05. The van der Waals surface area contributed by atoms with Gasteiger partial charge in [-0.25, -0.2) is 0 Å². The molecule has 0 aromatic heterocycles. The molecule has 0 aliphatic heterocycles. The molecule has 0 amide bonds. The molecule has 5 unspecified atom stereocenters. The van der Waals surface area contributed by atoms with Gasteiger partial charge in [-0.1, -0.05) is 6.92 Å². The maximum Gasteiger partial charge on any atom is -0.0167 e. The molecule has 0 heteroatoms. The van der Waals surface area contributed by atoms with Crippen LogP contribution in [0.5, 0.6) is 0 Å². The van der Waals surface area contributed by atoms with Crippen LogP contribution in [0.25, 0.3) is 0 Å². The second-order valence-corrected chi connectivity index (χ2v) is 5.06. The minimum absolute atomic E-state index is 0.959. The van der Waals surface area contributed by atoms with Gasteiger partial charge in [0.1, 0.15) is 0 Å². The minimum atomic E-state index is 0.959. The normalized spacial score (nSPS) is 79.5. The van der Waals surface area contributed by atoms with Crippen molar-refractivity contribution in [3.05, 3.63) is 0 Å². The lowest BCUT2D eigenvalue weighted by atomic mass is 9.84. The second-order valence-electron chi connectivity index (χ2n) is 5.06. The molecule has 0 heterocycles. The Bertz CT molecular complexity index is 228. The van der Waals surface area contributed by atoms with E-state index >= 15 is 0 Å². The Morgan fingerprint density at radius 1 is 1.50 bits per heavy atom. The Balaban J connectivity index is 1.90. The Morgan fingerprint density at radius 2 is 2.40 bits per heavy atom. The van der Waals surface area contributed by atoms with Crippen molar-refractivity contribution < 1.29 is 0 Å². The number of rotatable bonds is 1. The van der Waals surface area contributed by atoms with Crippen LogP contribution in [0.1, 0.15) is 32.6 Å². The zero-order valence-electron chi connectivity index (χ0n) is 6.56. The van der Waals surface area contributed by atoms with Gasteiger partial charge in [-0.3, -0.25) is 0 Å². The molecule has 0 aromatic rings. The first-order valence-corrected chi connectivity index (χ1v) is 4.87. The van der Waals surface area contributed by atoms with Crippen LogP contribution in [0.2, 0.25) is 0 Å². The molecule has 0 nitrogen and oxygen atoms in total. The summed E-state index contributed by atoms with van der Waals surface area (Å²) < 4.78 is 0. The first kappa shape index (κ1) is 4.79. The molecule has 0 radical (unpaired) electrons. The van der Waals surface area contributed by atoms with Gasteiger partial charge in [-0.15, -0.1) is 0 Å². The summed E-state index contributed by atoms with van der Waals surface area (Å²) in [6.45, 7) is 2.42. The molecule has 5 saturated carbocycles. The highest BCUT2D eigenvalue weighted by molar-refractivity contribution is 5.47. The molecule has 4 bridgehead atoms. The van der Waals surface area contributed by atoms with E-state index in [4.69, 9.17) is 0 Å². The van der Waals surface area contributed by atoms with Crippen molar-refractivity contribution in [3.8, 4) is 0 Å². The Labute approximate surface area is 62.0 Å². The van der Waals surface area contributed by atoms with Crippen LogP contribution >= 0.6 is 0 Å². The second kappa shape index (κ2) is 0.922. The lowest BCUT2D eigenvalue weighted by Gasteiger charge is -2.20. The van der Waals surface area contributed by atoms with Crippen molar-refractivity contribution in [1.82, 2.24) is 0 Å². The highest BCUT2D eigenvalue weighted by Gasteiger charge is 3.00. The van der Waals surface area contributed by atoms with Gasteiger partial charge in [0.05, 0.1) is 0 Å². The fourth-order valence-electron chi connectivity index (χ4n) is 5.35. The molecule has 10 heavy (non-hydrogen) atoms. The molecule has 5 aliphatic rings. The van der Waals surface area contributed by atoms with E-state index in [0.29, 0.717) is 0 Å². The predicted molar refractivity (Wildman–Crippen MR) is 39.5 cm³/mol. The van der Waals surface area contributed by atoms with Crippen LogP contribution in [0.15, 0.2) is 0 Å². The molecule has 0 N–H and O–H groups in total. The van der Waals surface area contributed by atoms with Crippen molar-refractivity contribution in [3.63, 3.8) is 0 Å². The molecule has 5 rings (SSSR count). The molecule has 5 aliphatic carbocycles. The largest absolute Gasteiger partial charge is 0.0648 e. The van der Waals surface area contributed by atoms with Crippen molar-refractivity contribution in [2.24, 2.45) is 28.6 Å². The zero-order valence-corrected chi connectivity index (χ0v) is 6.56. The maximum absolute atomic E-state index is 2.42. The SMILES string of the molecule is CCC12CC3CCC14C3C24. The van der Waals surface area contributed by atoms with Crippen LogP contribution < -0.4 is 0 Å². The minimum Gasteiger partial charge on any atom is -0.0648 e. The highest BCUT2D eigenvalue weighted by atomic mass is 15.0. The number of hydrogen-bond donors (Lipinski definition) is 0. The standard InChI is InChI=1S/C10H14/c1-2-9-5-6-3-4-10(9)7(6)8(9)10/h6-8H,2-5H2,1H3. The Hall–Kier alpha value is 0. The van der Waals surface area contributed by atoms with Gasteiger partial charge in [0, 0.05) is 0 Å². The Kier molecular flexibility index (Phi) is 0.442. The zero-order chi connectivity index (χ0) is 6.56. The first-order chi connectivity index (χ1) is 4.87. The summed E-state index contributed by atoms with van der Waals surface area (Å²) in [5, 5.41) is 0. The topological polar surface area (TPSA) is 0 Å². The van der Waals surface area contributed by atoms with E-state index in [1.54, 1.807) is 19.3 Å². The van der Waals surface area contributed by atoms with E-state index in [-0.39, 0.29) is 0 Å². The van der Waals surface area contributed by atoms with Gasteiger partial charge in [0.2, 0.25) is 0 Å². The van der Waals surface area contributed by atoms with Gasteiger partial charge in [-0.05, 0) is 54.3 Å². The first-order valence-electron chi connectivity index (χ1n) is 4.87. The summed E-state index contributed by atoms with van der Waals surface area (Å²) in [4.78, 5) is 0. The molecule has 5 atom stereocenters. The van der Waals surface area contributed by atoms with Crippen LogP contribution in [0.4, 0.5) is 0 Å². The van der Waals surface area contributed by atoms with Gasteiger partial charge in [0.15, 0.2) is 0 Å². The fourth-order valence-corrected chi connectivity index (χ4v) is 5.35. The molecule has 5 fully saturated rings. The van der Waals surface area contributed by atoms with E-state index < -0.39 is 0 Å². The smallest absolute Gasteiger partial charge is 0.0167 e. The summed E-state index contributed by atoms with van der Waals surface area (Å²) >= 11 is 0. The third-order valence-electron chi connectivity index (χ3n) is 5.53. The summed E-state index contributed by atoms with van der Waals surface area (Å²) in [5.41, 5.74) is 1.97. The quantitative estimate of drug-likeness (QED) is 0.516. The maximum atomic E-state index is 2.42.